The highest BCUT2D eigenvalue weighted by molar-refractivity contribution is 7.71. The Hall–Kier alpha value is -0.680. The molecule has 5 heteroatoms. The van der Waals surface area contributed by atoms with Gasteiger partial charge < -0.3 is 10.3 Å². The molecule has 0 aromatic carbocycles. The zero-order valence-corrected chi connectivity index (χ0v) is 7.48. The highest BCUT2D eigenvalue weighted by Crippen LogP contribution is 1.96. The highest BCUT2D eigenvalue weighted by atomic mass is 32.1. The summed E-state index contributed by atoms with van der Waals surface area (Å²) in [6, 6.07) is 0.124. The van der Waals surface area contributed by atoms with Gasteiger partial charge >= 0.3 is 0 Å². The molecule has 0 bridgehead atoms. The third kappa shape index (κ3) is 1.87. The molecule has 0 aliphatic carbocycles. The first kappa shape index (κ1) is 8.42. The van der Waals surface area contributed by atoms with Crippen LogP contribution in [0, 0.1) is 4.77 Å². The number of nitrogens with zero attached hydrogens (tertiary/aromatic N) is 2. The van der Waals surface area contributed by atoms with Crippen molar-refractivity contribution in [3.05, 3.63) is 10.6 Å². The second-order valence-electron chi connectivity index (χ2n) is 2.69. The van der Waals surface area contributed by atoms with Gasteiger partial charge in [0.05, 0.1) is 0 Å². The van der Waals surface area contributed by atoms with E-state index in [0.717, 1.165) is 12.2 Å². The molecule has 62 valence electrons. The molecule has 0 aliphatic heterocycles. The molecule has 3 N–H and O–H groups in total. The van der Waals surface area contributed by atoms with Crippen LogP contribution >= 0.6 is 12.2 Å². The van der Waals surface area contributed by atoms with Crippen LogP contribution in [-0.2, 0) is 13.5 Å². The maximum atomic E-state index is 5.60. The van der Waals surface area contributed by atoms with Crippen LogP contribution in [0.1, 0.15) is 12.7 Å². The largest absolute Gasteiger partial charge is 0.328 e. The van der Waals surface area contributed by atoms with E-state index in [4.69, 9.17) is 18.0 Å². The summed E-state index contributed by atoms with van der Waals surface area (Å²) in [6.45, 7) is 1.94. The van der Waals surface area contributed by atoms with E-state index in [1.165, 1.54) is 0 Å². The van der Waals surface area contributed by atoms with Crippen LogP contribution in [0.5, 0.6) is 0 Å². The summed E-state index contributed by atoms with van der Waals surface area (Å²) in [5.74, 6) is 0.907. The van der Waals surface area contributed by atoms with E-state index in [2.05, 4.69) is 10.2 Å². The molecule has 1 aromatic heterocycles. The molecule has 0 saturated carbocycles. The number of nitrogens with two attached hydrogens (primary N) is 1. The lowest BCUT2D eigenvalue weighted by Crippen LogP contribution is -2.20. The van der Waals surface area contributed by atoms with Gasteiger partial charge in [0, 0.05) is 19.5 Å². The molecule has 0 spiro atoms. The number of aromatic nitrogens is 3. The predicted octanol–water partition coefficient (Wildman–Crippen LogP) is 0.367. The molecule has 0 fully saturated rings. The Bertz CT molecular complexity index is 285. The van der Waals surface area contributed by atoms with Crippen LogP contribution in [-0.4, -0.2) is 20.8 Å². The van der Waals surface area contributed by atoms with Gasteiger partial charge in [-0.15, -0.1) is 0 Å². The molecule has 1 atom stereocenters. The second-order valence-corrected chi connectivity index (χ2v) is 3.07. The van der Waals surface area contributed by atoms with E-state index in [-0.39, 0.29) is 6.04 Å². The summed E-state index contributed by atoms with van der Waals surface area (Å²) >= 11 is 4.93. The van der Waals surface area contributed by atoms with Gasteiger partial charge in [-0.25, -0.2) is 0 Å². The minimum absolute atomic E-state index is 0.124. The van der Waals surface area contributed by atoms with E-state index in [0.29, 0.717) is 4.77 Å². The van der Waals surface area contributed by atoms with Gasteiger partial charge in [-0.3, -0.25) is 5.10 Å². The van der Waals surface area contributed by atoms with Gasteiger partial charge in [-0.05, 0) is 19.1 Å². The summed E-state index contributed by atoms with van der Waals surface area (Å²) in [5.41, 5.74) is 5.60. The molecule has 0 aliphatic rings. The van der Waals surface area contributed by atoms with E-state index >= 15 is 0 Å². The maximum absolute atomic E-state index is 5.60. The Labute approximate surface area is 70.4 Å². The highest BCUT2D eigenvalue weighted by Gasteiger charge is 2.03. The number of aromatic amines is 1. The Balaban J connectivity index is 2.87. The fourth-order valence-corrected chi connectivity index (χ4v) is 1.00. The molecule has 1 aromatic rings. The molecule has 1 rings (SSSR count). The molecule has 0 amide bonds. The van der Waals surface area contributed by atoms with Crippen molar-refractivity contribution in [3.63, 3.8) is 0 Å². The van der Waals surface area contributed by atoms with Crippen molar-refractivity contribution in [1.82, 2.24) is 14.8 Å². The van der Waals surface area contributed by atoms with Gasteiger partial charge in [-0.1, -0.05) is 0 Å². The lowest BCUT2D eigenvalue weighted by molar-refractivity contribution is 0.668. The first-order valence-electron chi connectivity index (χ1n) is 3.47. The molecule has 1 heterocycles. The summed E-state index contributed by atoms with van der Waals surface area (Å²) in [5, 5.41) is 6.72. The van der Waals surface area contributed by atoms with Crippen molar-refractivity contribution in [2.75, 3.05) is 0 Å². The number of rotatable bonds is 2. The first-order valence-corrected chi connectivity index (χ1v) is 3.88. The van der Waals surface area contributed by atoms with Crippen LogP contribution in [0.3, 0.4) is 0 Å². The fraction of sp³-hybridized carbons (Fsp3) is 0.667. The molecule has 0 saturated heterocycles. The number of hydrogen-bond donors (Lipinski definition) is 2. The van der Waals surface area contributed by atoms with Crippen molar-refractivity contribution in [3.8, 4) is 0 Å². The number of nitrogens with one attached hydrogen (secondary N) is 1. The average molecular weight is 172 g/mol. The van der Waals surface area contributed by atoms with Crippen LogP contribution in [0.25, 0.3) is 0 Å². The summed E-state index contributed by atoms with van der Waals surface area (Å²) in [4.78, 5) is 0. The Morgan fingerprint density at radius 1 is 1.82 bits per heavy atom. The molecule has 4 nitrogen and oxygen atoms in total. The third-order valence-electron chi connectivity index (χ3n) is 1.48. The summed E-state index contributed by atoms with van der Waals surface area (Å²) in [6.07, 6.45) is 0.754. The molecule has 1 unspecified atom stereocenters. The zero-order chi connectivity index (χ0) is 8.43. The van der Waals surface area contributed by atoms with Gasteiger partial charge in [0.1, 0.15) is 5.82 Å². The third-order valence-corrected chi connectivity index (χ3v) is 1.84. The van der Waals surface area contributed by atoms with Gasteiger partial charge in [-0.2, -0.15) is 5.10 Å². The Kier molecular flexibility index (Phi) is 2.41. The quantitative estimate of drug-likeness (QED) is 0.633. The van der Waals surface area contributed by atoms with E-state index < -0.39 is 0 Å². The van der Waals surface area contributed by atoms with Crippen molar-refractivity contribution >= 4 is 12.2 Å². The fourth-order valence-electron chi connectivity index (χ4n) is 0.850. The maximum Gasteiger partial charge on any atom is 0.194 e. The predicted molar refractivity (Wildman–Crippen MR) is 45.7 cm³/mol. The van der Waals surface area contributed by atoms with Crippen molar-refractivity contribution in [2.24, 2.45) is 12.8 Å². The summed E-state index contributed by atoms with van der Waals surface area (Å²) in [7, 11) is 1.88. The normalized spacial score (nSPS) is 13.4. The van der Waals surface area contributed by atoms with Crippen LogP contribution in [0.15, 0.2) is 0 Å². The monoisotopic (exact) mass is 172 g/mol. The minimum atomic E-state index is 0.124. The van der Waals surface area contributed by atoms with Crippen LogP contribution in [0.4, 0.5) is 0 Å². The first-order chi connectivity index (χ1) is 5.11. The number of H-pyrrole nitrogens is 1. The van der Waals surface area contributed by atoms with Crippen molar-refractivity contribution in [1.29, 1.82) is 0 Å². The average Bonchev–Trinajstić information content (AvgIpc) is 2.18. The zero-order valence-electron chi connectivity index (χ0n) is 6.66. The lowest BCUT2D eigenvalue weighted by Gasteiger charge is -2.02. The smallest absolute Gasteiger partial charge is 0.194 e. The van der Waals surface area contributed by atoms with Crippen molar-refractivity contribution < 1.29 is 0 Å². The van der Waals surface area contributed by atoms with Crippen molar-refractivity contribution in [2.45, 2.75) is 19.4 Å². The SMILES string of the molecule is CC(N)Cc1n[nH]c(=S)n1C. The van der Waals surface area contributed by atoms with Crippen LogP contribution < -0.4 is 5.73 Å². The van der Waals surface area contributed by atoms with E-state index in [1.807, 2.05) is 18.5 Å². The molecule has 0 radical (unpaired) electrons. The van der Waals surface area contributed by atoms with Gasteiger partial charge in [0.25, 0.3) is 0 Å². The Morgan fingerprint density at radius 3 is 2.82 bits per heavy atom. The molecular weight excluding hydrogens is 160 g/mol. The lowest BCUT2D eigenvalue weighted by atomic mass is 10.2. The molecule has 11 heavy (non-hydrogen) atoms. The Morgan fingerprint density at radius 2 is 2.45 bits per heavy atom. The minimum Gasteiger partial charge on any atom is -0.328 e. The van der Waals surface area contributed by atoms with Crippen LogP contribution in [0.2, 0.25) is 0 Å². The van der Waals surface area contributed by atoms with Gasteiger partial charge in [0.2, 0.25) is 0 Å². The van der Waals surface area contributed by atoms with Gasteiger partial charge in [0.15, 0.2) is 4.77 Å². The number of hydrogen-bond acceptors (Lipinski definition) is 3. The van der Waals surface area contributed by atoms with E-state index in [9.17, 15) is 0 Å². The molecular formula is C6H12N4S. The summed E-state index contributed by atoms with van der Waals surface area (Å²) < 4.78 is 2.47. The van der Waals surface area contributed by atoms with E-state index in [1.54, 1.807) is 0 Å². The standard InChI is InChI=1S/C6H12N4S/c1-4(7)3-5-8-9-6(11)10(5)2/h4H,3,7H2,1-2H3,(H,9,11). The second kappa shape index (κ2) is 3.15. The topological polar surface area (TPSA) is 59.6 Å².